The zero-order valence-electron chi connectivity index (χ0n) is 14.7. The fourth-order valence-corrected chi connectivity index (χ4v) is 5.86. The Morgan fingerprint density at radius 2 is 2.08 bits per heavy atom. The Morgan fingerprint density at radius 1 is 1.36 bits per heavy atom. The summed E-state index contributed by atoms with van der Waals surface area (Å²) in [5.74, 6) is 0.192. The third-order valence-electron chi connectivity index (χ3n) is 4.86. The molecule has 2 aromatic rings. The molecule has 3 rings (SSSR count). The van der Waals surface area contributed by atoms with Gasteiger partial charge in [-0.15, -0.1) is 11.3 Å². The second-order valence-corrected chi connectivity index (χ2v) is 9.96. The van der Waals surface area contributed by atoms with Crippen molar-refractivity contribution in [3.8, 4) is 0 Å². The molecule has 1 saturated heterocycles. The van der Waals surface area contributed by atoms with Gasteiger partial charge in [-0.05, 0) is 32.5 Å². The van der Waals surface area contributed by atoms with Crippen molar-refractivity contribution < 1.29 is 13.2 Å². The van der Waals surface area contributed by atoms with E-state index >= 15 is 0 Å². The predicted octanol–water partition coefficient (Wildman–Crippen LogP) is 1.93. The minimum absolute atomic E-state index is 0.0158. The van der Waals surface area contributed by atoms with Crippen LogP contribution in [0.4, 0.5) is 0 Å². The third-order valence-corrected chi connectivity index (χ3v) is 7.82. The highest BCUT2D eigenvalue weighted by Crippen LogP contribution is 2.28. The molecule has 136 valence electrons. The van der Waals surface area contributed by atoms with Crippen LogP contribution in [0.1, 0.15) is 24.4 Å². The molecule has 6 nitrogen and oxygen atoms in total. The number of nitrogens with zero attached hydrogens (tertiary/aromatic N) is 3. The Kier molecular flexibility index (Phi) is 5.13. The second-order valence-electron chi connectivity index (χ2n) is 6.67. The molecule has 0 radical (unpaired) electrons. The molecular weight excluding hydrogens is 358 g/mol. The van der Waals surface area contributed by atoms with Crippen molar-refractivity contribution in [2.24, 2.45) is 0 Å². The first kappa shape index (κ1) is 18.3. The molecule has 1 aromatic heterocycles. The Labute approximate surface area is 152 Å². The van der Waals surface area contributed by atoms with E-state index in [0.29, 0.717) is 6.42 Å². The molecule has 8 heteroatoms. The zero-order valence-corrected chi connectivity index (χ0v) is 16.3. The minimum atomic E-state index is -2.99. The van der Waals surface area contributed by atoms with Gasteiger partial charge in [0.1, 0.15) is 5.01 Å². The lowest BCUT2D eigenvalue weighted by Crippen LogP contribution is -2.43. The van der Waals surface area contributed by atoms with E-state index < -0.39 is 9.84 Å². The topological polar surface area (TPSA) is 70.6 Å². The second kappa shape index (κ2) is 7.01. The first-order valence-corrected chi connectivity index (χ1v) is 10.9. The van der Waals surface area contributed by atoms with E-state index in [0.717, 1.165) is 15.2 Å². The monoisotopic (exact) mass is 381 g/mol. The third kappa shape index (κ3) is 4.02. The molecule has 1 amide bonds. The van der Waals surface area contributed by atoms with E-state index in [1.165, 1.54) is 0 Å². The molecule has 2 atom stereocenters. The van der Waals surface area contributed by atoms with Crippen LogP contribution in [0, 0.1) is 0 Å². The number of carbonyl (C=O) groups is 1. The molecular formula is C17H23N3O3S2. The molecule has 1 aliphatic heterocycles. The number of thiazole rings is 1. The van der Waals surface area contributed by atoms with Gasteiger partial charge >= 0.3 is 0 Å². The van der Waals surface area contributed by atoms with Crippen molar-refractivity contribution in [1.29, 1.82) is 0 Å². The average Bonchev–Trinajstić information content (AvgIpc) is 3.16. The Morgan fingerprint density at radius 3 is 2.72 bits per heavy atom. The lowest BCUT2D eigenvalue weighted by Gasteiger charge is -2.28. The van der Waals surface area contributed by atoms with Crippen LogP contribution in [0.5, 0.6) is 0 Å². The first-order valence-electron chi connectivity index (χ1n) is 8.28. The van der Waals surface area contributed by atoms with Crippen LogP contribution in [0.3, 0.4) is 0 Å². The van der Waals surface area contributed by atoms with Crippen LogP contribution in [0.25, 0.3) is 10.2 Å². The van der Waals surface area contributed by atoms with Crippen molar-refractivity contribution in [2.75, 3.05) is 32.1 Å². The van der Waals surface area contributed by atoms with E-state index in [1.807, 2.05) is 43.1 Å². The molecule has 0 spiro atoms. The minimum Gasteiger partial charge on any atom is -0.341 e. The highest BCUT2D eigenvalue weighted by atomic mass is 32.2. The van der Waals surface area contributed by atoms with E-state index in [2.05, 4.69) is 4.98 Å². The SMILES string of the molecule is C[C@H](c1nc2ccccc2s1)N(C)CC(=O)N(C)[C@@H]1CCS(=O)(=O)C1. The largest absolute Gasteiger partial charge is 0.341 e. The maximum atomic E-state index is 12.5. The molecule has 0 N–H and O–H groups in total. The van der Waals surface area contributed by atoms with Gasteiger partial charge in [-0.1, -0.05) is 12.1 Å². The number of benzene rings is 1. The molecule has 1 aliphatic rings. The van der Waals surface area contributed by atoms with Crippen LogP contribution in [0.15, 0.2) is 24.3 Å². The molecule has 0 unspecified atom stereocenters. The molecule has 25 heavy (non-hydrogen) atoms. The Balaban J connectivity index is 1.64. The fourth-order valence-electron chi connectivity index (χ4n) is 3.00. The summed E-state index contributed by atoms with van der Waals surface area (Å²) in [5.41, 5.74) is 0.974. The van der Waals surface area contributed by atoms with E-state index in [-0.39, 0.29) is 36.0 Å². The van der Waals surface area contributed by atoms with Crippen molar-refractivity contribution in [3.63, 3.8) is 0 Å². The van der Waals surface area contributed by atoms with Gasteiger partial charge in [0.15, 0.2) is 9.84 Å². The van der Waals surface area contributed by atoms with Crippen LogP contribution in [-0.2, 0) is 14.6 Å². The number of amides is 1. The number of sulfone groups is 1. The molecule has 2 heterocycles. The number of para-hydroxylation sites is 1. The highest BCUT2D eigenvalue weighted by Gasteiger charge is 2.33. The number of aromatic nitrogens is 1. The summed E-state index contributed by atoms with van der Waals surface area (Å²) in [7, 11) is 0.603. The van der Waals surface area contributed by atoms with E-state index in [9.17, 15) is 13.2 Å². The van der Waals surface area contributed by atoms with Crippen molar-refractivity contribution in [2.45, 2.75) is 25.4 Å². The quantitative estimate of drug-likeness (QED) is 0.791. The van der Waals surface area contributed by atoms with Crippen LogP contribution in [0.2, 0.25) is 0 Å². The first-order chi connectivity index (χ1) is 11.8. The van der Waals surface area contributed by atoms with E-state index in [4.69, 9.17) is 0 Å². The summed E-state index contributed by atoms with van der Waals surface area (Å²) in [6.45, 7) is 2.27. The number of hydrogen-bond acceptors (Lipinski definition) is 6. The number of hydrogen-bond donors (Lipinski definition) is 0. The van der Waals surface area contributed by atoms with Crippen molar-refractivity contribution >= 4 is 37.3 Å². The standard InChI is InChI=1S/C17H23N3O3S2/c1-12(17-18-14-6-4-5-7-15(14)24-17)19(2)10-16(21)20(3)13-8-9-25(22,23)11-13/h4-7,12-13H,8-11H2,1-3H3/t12-,13-/m1/s1. The lowest BCUT2D eigenvalue weighted by atomic mass is 10.2. The van der Waals surface area contributed by atoms with Gasteiger partial charge < -0.3 is 4.90 Å². The van der Waals surface area contributed by atoms with Gasteiger partial charge in [0.05, 0.1) is 34.3 Å². The van der Waals surface area contributed by atoms with Gasteiger partial charge in [-0.3, -0.25) is 9.69 Å². The van der Waals surface area contributed by atoms with Gasteiger partial charge in [0.25, 0.3) is 0 Å². The summed E-state index contributed by atoms with van der Waals surface area (Å²) >= 11 is 1.64. The average molecular weight is 382 g/mol. The molecule has 1 aromatic carbocycles. The smallest absolute Gasteiger partial charge is 0.236 e. The summed E-state index contributed by atoms with van der Waals surface area (Å²) in [6.07, 6.45) is 0.529. The number of fused-ring (bicyclic) bond motifs is 1. The zero-order chi connectivity index (χ0) is 18.2. The highest BCUT2D eigenvalue weighted by molar-refractivity contribution is 7.91. The number of carbonyl (C=O) groups excluding carboxylic acids is 1. The number of likely N-dealkylation sites (N-methyl/N-ethyl adjacent to an activating group) is 2. The summed E-state index contributed by atoms with van der Waals surface area (Å²) in [6, 6.07) is 7.80. The summed E-state index contributed by atoms with van der Waals surface area (Å²) in [4.78, 5) is 20.7. The maximum Gasteiger partial charge on any atom is 0.236 e. The van der Waals surface area contributed by atoms with Crippen molar-refractivity contribution in [1.82, 2.24) is 14.8 Å². The number of rotatable bonds is 5. The van der Waals surface area contributed by atoms with Gasteiger partial charge in [0.2, 0.25) is 5.91 Å². The summed E-state index contributed by atoms with van der Waals surface area (Å²) in [5, 5.41) is 0.975. The molecule has 0 saturated carbocycles. The van der Waals surface area contributed by atoms with Gasteiger partial charge in [-0.25, -0.2) is 13.4 Å². The molecule has 0 bridgehead atoms. The van der Waals surface area contributed by atoms with Crippen LogP contribution < -0.4 is 0 Å². The summed E-state index contributed by atoms with van der Waals surface area (Å²) < 4.78 is 24.4. The van der Waals surface area contributed by atoms with E-state index in [1.54, 1.807) is 23.3 Å². The van der Waals surface area contributed by atoms with Crippen LogP contribution in [-0.4, -0.2) is 67.3 Å². The molecule has 0 aliphatic carbocycles. The predicted molar refractivity (Wildman–Crippen MR) is 100 cm³/mol. The lowest BCUT2D eigenvalue weighted by molar-refractivity contribution is -0.132. The Hall–Kier alpha value is -1.51. The fraction of sp³-hybridized carbons (Fsp3) is 0.529. The van der Waals surface area contributed by atoms with Gasteiger partial charge in [-0.2, -0.15) is 0 Å². The normalized spacial score (nSPS) is 20.9. The maximum absolute atomic E-state index is 12.5. The molecule has 1 fully saturated rings. The van der Waals surface area contributed by atoms with Crippen LogP contribution >= 0.6 is 11.3 Å². The van der Waals surface area contributed by atoms with Gasteiger partial charge in [0, 0.05) is 13.1 Å². The Bertz CT molecular complexity index is 845. The van der Waals surface area contributed by atoms with Crippen molar-refractivity contribution in [3.05, 3.63) is 29.3 Å².